The van der Waals surface area contributed by atoms with Crippen molar-refractivity contribution in [2.45, 2.75) is 37.0 Å². The lowest BCUT2D eigenvalue weighted by molar-refractivity contribution is 0.0425. The van der Waals surface area contributed by atoms with Gasteiger partial charge in [0.1, 0.15) is 0 Å². The van der Waals surface area contributed by atoms with E-state index in [1.54, 1.807) is 34.7 Å². The van der Waals surface area contributed by atoms with Crippen LogP contribution in [0.5, 0.6) is 0 Å². The highest BCUT2D eigenvalue weighted by molar-refractivity contribution is 7.98. The Kier molecular flexibility index (Phi) is 6.19. The minimum Gasteiger partial charge on any atom is -0.452 e. The monoisotopic (exact) mass is 375 g/mol. The molecular formula is C17H17N3O3S2. The van der Waals surface area contributed by atoms with Crippen molar-refractivity contribution in [2.24, 2.45) is 0 Å². The van der Waals surface area contributed by atoms with E-state index in [1.807, 2.05) is 30.5 Å². The zero-order chi connectivity index (χ0) is 17.5. The molecule has 25 heavy (non-hydrogen) atoms. The Morgan fingerprint density at radius 2 is 2.24 bits per heavy atom. The number of aryl methyl sites for hydroxylation is 1. The Morgan fingerprint density at radius 1 is 1.36 bits per heavy atom. The van der Waals surface area contributed by atoms with Crippen molar-refractivity contribution in [3.05, 3.63) is 58.1 Å². The number of thiazole rings is 1. The van der Waals surface area contributed by atoms with Crippen LogP contribution in [0, 0.1) is 0 Å². The molecule has 0 aliphatic heterocycles. The van der Waals surface area contributed by atoms with Crippen molar-refractivity contribution in [3.8, 4) is 0 Å². The van der Waals surface area contributed by atoms with Crippen molar-refractivity contribution >= 4 is 29.1 Å². The summed E-state index contributed by atoms with van der Waals surface area (Å²) in [6.07, 6.45) is 1.68. The van der Waals surface area contributed by atoms with Gasteiger partial charge < -0.3 is 9.26 Å². The van der Waals surface area contributed by atoms with Crippen LogP contribution >= 0.6 is 23.1 Å². The standard InChI is InChI=1S/C17H17N3O3S2/c1-2-5-15-19-16(23-20-15)8-22-17(21)13-6-3-4-7-14(13)25-10-12-9-24-11-18-12/h3-4,6-7,9,11H,2,5,8,10H2,1H3. The third kappa shape index (κ3) is 4.90. The third-order valence-electron chi connectivity index (χ3n) is 3.28. The van der Waals surface area contributed by atoms with Gasteiger partial charge in [-0.2, -0.15) is 4.98 Å². The van der Waals surface area contributed by atoms with Gasteiger partial charge in [0.15, 0.2) is 12.4 Å². The highest BCUT2D eigenvalue weighted by Gasteiger charge is 2.15. The van der Waals surface area contributed by atoms with Gasteiger partial charge in [0.25, 0.3) is 5.89 Å². The van der Waals surface area contributed by atoms with Crippen molar-refractivity contribution in [1.82, 2.24) is 15.1 Å². The Bertz CT molecular complexity index is 818. The van der Waals surface area contributed by atoms with Crippen LogP contribution in [0.25, 0.3) is 0 Å². The molecule has 8 heteroatoms. The summed E-state index contributed by atoms with van der Waals surface area (Å²) in [5, 5.41) is 5.84. The van der Waals surface area contributed by atoms with Gasteiger partial charge in [-0.05, 0) is 18.6 Å². The number of carbonyl (C=O) groups excluding carboxylic acids is 1. The zero-order valence-corrected chi connectivity index (χ0v) is 15.3. The Hall–Kier alpha value is -2.19. The largest absolute Gasteiger partial charge is 0.452 e. The second kappa shape index (κ2) is 8.77. The lowest BCUT2D eigenvalue weighted by Gasteiger charge is -2.07. The second-order valence-corrected chi connectivity index (χ2v) is 6.93. The number of ether oxygens (including phenoxy) is 1. The van der Waals surface area contributed by atoms with Crippen LogP contribution in [-0.2, 0) is 23.5 Å². The van der Waals surface area contributed by atoms with E-state index in [0.29, 0.717) is 23.0 Å². The lowest BCUT2D eigenvalue weighted by Crippen LogP contribution is -2.07. The van der Waals surface area contributed by atoms with E-state index in [1.165, 1.54) is 0 Å². The van der Waals surface area contributed by atoms with E-state index < -0.39 is 5.97 Å². The van der Waals surface area contributed by atoms with Gasteiger partial charge in [-0.3, -0.25) is 0 Å². The minimum absolute atomic E-state index is 0.0271. The smallest absolute Gasteiger partial charge is 0.339 e. The number of esters is 1. The molecule has 0 spiro atoms. The molecule has 0 fully saturated rings. The van der Waals surface area contributed by atoms with E-state index in [0.717, 1.165) is 23.4 Å². The van der Waals surface area contributed by atoms with Crippen LogP contribution in [0.3, 0.4) is 0 Å². The molecule has 0 aliphatic rings. The van der Waals surface area contributed by atoms with Gasteiger partial charge >= 0.3 is 5.97 Å². The lowest BCUT2D eigenvalue weighted by atomic mass is 10.2. The number of rotatable bonds is 8. The molecule has 3 rings (SSSR count). The molecule has 0 N–H and O–H groups in total. The normalized spacial score (nSPS) is 10.8. The predicted octanol–water partition coefficient (Wildman–Crippen LogP) is 4.13. The number of carbonyl (C=O) groups is 1. The maximum Gasteiger partial charge on any atom is 0.339 e. The second-order valence-electron chi connectivity index (χ2n) is 5.20. The fourth-order valence-electron chi connectivity index (χ4n) is 2.10. The Morgan fingerprint density at radius 3 is 3.04 bits per heavy atom. The first-order valence-electron chi connectivity index (χ1n) is 7.83. The van der Waals surface area contributed by atoms with Crippen LogP contribution in [0.2, 0.25) is 0 Å². The fraction of sp³-hybridized carbons (Fsp3) is 0.294. The van der Waals surface area contributed by atoms with Crippen LogP contribution in [0.15, 0.2) is 44.6 Å². The minimum atomic E-state index is -0.406. The zero-order valence-electron chi connectivity index (χ0n) is 13.7. The maximum atomic E-state index is 12.4. The molecule has 0 atom stereocenters. The van der Waals surface area contributed by atoms with Crippen LogP contribution in [-0.4, -0.2) is 21.1 Å². The molecule has 0 saturated heterocycles. The van der Waals surface area contributed by atoms with Crippen molar-refractivity contribution in [2.75, 3.05) is 0 Å². The van der Waals surface area contributed by atoms with Crippen molar-refractivity contribution < 1.29 is 14.1 Å². The summed E-state index contributed by atoms with van der Waals surface area (Å²) in [5.74, 6) is 1.24. The van der Waals surface area contributed by atoms with Crippen LogP contribution < -0.4 is 0 Å². The number of thioether (sulfide) groups is 1. The molecular weight excluding hydrogens is 358 g/mol. The fourth-order valence-corrected chi connectivity index (χ4v) is 3.71. The first kappa shape index (κ1) is 17.6. The van der Waals surface area contributed by atoms with E-state index in [9.17, 15) is 4.79 Å². The number of hydrogen-bond donors (Lipinski definition) is 0. The van der Waals surface area contributed by atoms with Gasteiger partial charge in [-0.1, -0.05) is 24.2 Å². The highest BCUT2D eigenvalue weighted by atomic mass is 32.2. The van der Waals surface area contributed by atoms with Gasteiger partial charge in [0.2, 0.25) is 0 Å². The predicted molar refractivity (Wildman–Crippen MR) is 95.5 cm³/mol. The third-order valence-corrected chi connectivity index (χ3v) is 5.02. The summed E-state index contributed by atoms with van der Waals surface area (Å²) < 4.78 is 10.4. The van der Waals surface area contributed by atoms with Crippen molar-refractivity contribution in [3.63, 3.8) is 0 Å². The molecule has 0 bridgehead atoms. The van der Waals surface area contributed by atoms with Crippen LogP contribution in [0.1, 0.15) is 41.1 Å². The molecule has 130 valence electrons. The molecule has 0 radical (unpaired) electrons. The number of hydrogen-bond acceptors (Lipinski definition) is 8. The van der Waals surface area contributed by atoms with Gasteiger partial charge in [-0.25, -0.2) is 9.78 Å². The summed E-state index contributed by atoms with van der Waals surface area (Å²) in [6, 6.07) is 7.37. The molecule has 1 aromatic carbocycles. The molecule has 6 nitrogen and oxygen atoms in total. The summed E-state index contributed by atoms with van der Waals surface area (Å²) in [5.41, 5.74) is 3.32. The van der Waals surface area contributed by atoms with Crippen LogP contribution in [0.4, 0.5) is 0 Å². The van der Waals surface area contributed by atoms with Gasteiger partial charge in [0.05, 0.1) is 16.8 Å². The number of aromatic nitrogens is 3. The number of nitrogens with zero attached hydrogens (tertiary/aromatic N) is 3. The summed E-state index contributed by atoms with van der Waals surface area (Å²) in [4.78, 5) is 21.7. The topological polar surface area (TPSA) is 78.1 Å². The van der Waals surface area contributed by atoms with Gasteiger partial charge in [-0.15, -0.1) is 23.1 Å². The first-order valence-corrected chi connectivity index (χ1v) is 9.76. The average molecular weight is 375 g/mol. The molecule has 0 saturated carbocycles. The summed E-state index contributed by atoms with van der Waals surface area (Å²) in [7, 11) is 0. The first-order chi connectivity index (χ1) is 12.3. The van der Waals surface area contributed by atoms with E-state index >= 15 is 0 Å². The maximum absolute atomic E-state index is 12.4. The molecule has 0 aliphatic carbocycles. The summed E-state index contributed by atoms with van der Waals surface area (Å²) >= 11 is 3.11. The van der Waals surface area contributed by atoms with E-state index in [2.05, 4.69) is 15.1 Å². The SMILES string of the molecule is CCCc1noc(COC(=O)c2ccccc2SCc2cscn2)n1. The molecule has 2 heterocycles. The quantitative estimate of drug-likeness (QED) is 0.433. The molecule has 0 unspecified atom stereocenters. The molecule has 0 amide bonds. The molecule has 3 aromatic rings. The van der Waals surface area contributed by atoms with E-state index in [4.69, 9.17) is 9.26 Å². The molecule has 2 aromatic heterocycles. The van der Waals surface area contributed by atoms with Crippen molar-refractivity contribution in [1.29, 1.82) is 0 Å². The highest BCUT2D eigenvalue weighted by Crippen LogP contribution is 2.27. The summed E-state index contributed by atoms with van der Waals surface area (Å²) in [6.45, 7) is 2.01. The Labute approximate surface area is 153 Å². The number of benzene rings is 1. The average Bonchev–Trinajstić information content (AvgIpc) is 3.30. The Balaban J connectivity index is 1.61. The van der Waals surface area contributed by atoms with Gasteiger partial charge in [0, 0.05) is 22.4 Å². The van der Waals surface area contributed by atoms with E-state index in [-0.39, 0.29) is 6.61 Å².